The minimum Gasteiger partial charge on any atom is -0.264 e. The van der Waals surface area contributed by atoms with Crippen molar-refractivity contribution in [1.29, 1.82) is 0 Å². The first kappa shape index (κ1) is 23.3. The maximum absolute atomic E-state index is 4.51. The van der Waals surface area contributed by atoms with Gasteiger partial charge in [0.15, 0.2) is 0 Å². The molecule has 0 radical (unpaired) electrons. The van der Waals surface area contributed by atoms with Crippen molar-refractivity contribution in [2.24, 2.45) is 41.4 Å². The summed E-state index contributed by atoms with van der Waals surface area (Å²) < 4.78 is 0. The van der Waals surface area contributed by atoms with Gasteiger partial charge in [-0.1, -0.05) is 70.9 Å². The van der Waals surface area contributed by atoms with Crippen molar-refractivity contribution in [3.05, 3.63) is 48.3 Å². The fourth-order valence-electron chi connectivity index (χ4n) is 7.75. The largest absolute Gasteiger partial charge is 0.264 e. The maximum atomic E-state index is 4.51. The molecule has 0 spiro atoms. The first-order chi connectivity index (χ1) is 14.3. The molecule has 0 saturated heterocycles. The van der Waals surface area contributed by atoms with Gasteiger partial charge in [0.1, 0.15) is 0 Å². The Hall–Kier alpha value is -1.37. The molecule has 0 N–H and O–H groups in total. The topological polar surface area (TPSA) is 12.9 Å². The van der Waals surface area contributed by atoms with Crippen LogP contribution in [0.5, 0.6) is 0 Å². The summed E-state index contributed by atoms with van der Waals surface area (Å²) in [4.78, 5) is 4.22. The van der Waals surface area contributed by atoms with Gasteiger partial charge < -0.3 is 0 Å². The van der Waals surface area contributed by atoms with Crippen LogP contribution in [0.1, 0.15) is 92.5 Å². The first-order valence-corrected chi connectivity index (χ1v) is 12.6. The first-order valence-electron chi connectivity index (χ1n) is 12.6. The molecule has 1 heterocycles. The third kappa shape index (κ3) is 4.61. The van der Waals surface area contributed by atoms with E-state index < -0.39 is 0 Å². The number of rotatable bonds is 3. The Morgan fingerprint density at radius 2 is 1.57 bits per heavy atom. The van der Waals surface area contributed by atoms with Crippen molar-refractivity contribution < 1.29 is 1.43 Å². The Balaban J connectivity index is 0.000000830. The summed E-state index contributed by atoms with van der Waals surface area (Å²) >= 11 is 0. The number of aromatic nitrogens is 1. The third-order valence-corrected chi connectivity index (χ3v) is 8.85. The molecule has 1 nitrogen and oxygen atoms in total. The molecule has 0 bridgehead atoms. The van der Waals surface area contributed by atoms with E-state index in [2.05, 4.69) is 29.8 Å². The molecule has 4 fully saturated rings. The summed E-state index contributed by atoms with van der Waals surface area (Å²) in [5.74, 6) is 6.94. The number of pyridine rings is 1. The highest BCUT2D eigenvalue weighted by atomic mass is 14.6. The Kier molecular flexibility index (Phi) is 8.37. The monoisotopic (exact) mass is 409 g/mol. The Morgan fingerprint density at radius 3 is 2.37 bits per heavy atom. The van der Waals surface area contributed by atoms with Gasteiger partial charge in [-0.25, -0.2) is 0 Å². The van der Waals surface area contributed by atoms with E-state index in [1.54, 1.807) is 19.3 Å². The lowest BCUT2D eigenvalue weighted by Crippen LogP contribution is -2.44. The summed E-state index contributed by atoms with van der Waals surface area (Å²) in [7, 11) is 0. The average Bonchev–Trinajstić information content (AvgIpc) is 3.24. The number of hydrogen-bond donors (Lipinski definition) is 0. The van der Waals surface area contributed by atoms with Gasteiger partial charge in [0.25, 0.3) is 0 Å². The minimum absolute atomic E-state index is 0. The lowest BCUT2D eigenvalue weighted by atomic mass is 9.53. The molecule has 7 unspecified atom stereocenters. The highest BCUT2D eigenvalue weighted by molar-refractivity contribution is 5.51. The molecule has 7 atom stereocenters. The summed E-state index contributed by atoms with van der Waals surface area (Å²) in [5, 5.41) is 0. The highest BCUT2D eigenvalue weighted by Gasteiger charge is 2.51. The van der Waals surface area contributed by atoms with E-state index in [9.17, 15) is 0 Å². The second kappa shape index (κ2) is 10.8. The van der Waals surface area contributed by atoms with Crippen molar-refractivity contribution in [1.82, 2.24) is 4.98 Å². The molecule has 5 rings (SSSR count). The minimum atomic E-state index is 0. The predicted octanol–water partition coefficient (Wildman–Crippen LogP) is 8.83. The van der Waals surface area contributed by atoms with Gasteiger partial charge in [-0.3, -0.25) is 4.98 Å². The molecule has 4 aliphatic rings. The third-order valence-electron chi connectivity index (χ3n) is 8.85. The number of nitrogens with zero attached hydrogens (tertiary/aromatic N) is 1. The second-order valence-corrected chi connectivity index (χ2v) is 9.90. The Labute approximate surface area is 188 Å². The standard InChI is InChI=1S/C26H35N.C2H6.CH4.H2/c1-18(8-9-19-5-4-16-27-17-19)21-12-13-26-23(21)14-15-24-22-7-3-2-6-20(22)10-11-25(24)26;1-2;;/h4-5,8-9,16-17,20-26H,1-3,6-7,10-15H2;1-2H3;1H4;1H/b9-8+;;;. The van der Waals surface area contributed by atoms with Gasteiger partial charge in [0.05, 0.1) is 0 Å². The van der Waals surface area contributed by atoms with Gasteiger partial charge in [0, 0.05) is 13.8 Å². The summed E-state index contributed by atoms with van der Waals surface area (Å²) in [6.45, 7) is 8.51. The zero-order valence-corrected chi connectivity index (χ0v) is 18.7. The molecule has 0 aromatic carbocycles. The molecule has 168 valence electrons. The van der Waals surface area contributed by atoms with E-state index in [4.69, 9.17) is 0 Å². The van der Waals surface area contributed by atoms with E-state index in [1.165, 1.54) is 56.1 Å². The second-order valence-electron chi connectivity index (χ2n) is 9.90. The zero-order chi connectivity index (χ0) is 20.2. The van der Waals surface area contributed by atoms with Gasteiger partial charge in [-0.15, -0.1) is 0 Å². The molecule has 0 amide bonds. The van der Waals surface area contributed by atoms with E-state index in [1.807, 2.05) is 32.3 Å². The van der Waals surface area contributed by atoms with Crippen LogP contribution in [0.3, 0.4) is 0 Å². The summed E-state index contributed by atoms with van der Waals surface area (Å²) in [5.41, 5.74) is 2.56. The van der Waals surface area contributed by atoms with Gasteiger partial charge >= 0.3 is 0 Å². The van der Waals surface area contributed by atoms with Crippen LogP contribution in [0.2, 0.25) is 0 Å². The van der Waals surface area contributed by atoms with E-state index >= 15 is 0 Å². The van der Waals surface area contributed by atoms with Crippen molar-refractivity contribution in [3.63, 3.8) is 0 Å². The fourth-order valence-corrected chi connectivity index (χ4v) is 7.75. The fraction of sp³-hybridized carbons (Fsp3) is 0.690. The van der Waals surface area contributed by atoms with E-state index in [0.29, 0.717) is 0 Å². The Morgan fingerprint density at radius 1 is 0.900 bits per heavy atom. The Bertz CT molecular complexity index is 696. The molecule has 0 aliphatic heterocycles. The highest BCUT2D eigenvalue weighted by Crippen LogP contribution is 2.59. The lowest BCUT2D eigenvalue weighted by molar-refractivity contribution is -0.0224. The van der Waals surface area contributed by atoms with Crippen LogP contribution >= 0.6 is 0 Å². The molecular weight excluding hydrogens is 362 g/mol. The van der Waals surface area contributed by atoms with Crippen LogP contribution in [-0.2, 0) is 0 Å². The molecule has 1 aromatic rings. The van der Waals surface area contributed by atoms with Crippen LogP contribution < -0.4 is 0 Å². The molecule has 4 aliphatic carbocycles. The summed E-state index contributed by atoms with van der Waals surface area (Å²) in [6, 6.07) is 4.14. The normalized spacial score (nSPS) is 37.1. The predicted molar refractivity (Wildman–Crippen MR) is 133 cm³/mol. The number of fused-ring (bicyclic) bond motifs is 5. The molecule has 4 saturated carbocycles. The molecule has 1 heteroatoms. The van der Waals surface area contributed by atoms with Gasteiger partial charge in [0.2, 0.25) is 0 Å². The van der Waals surface area contributed by atoms with E-state index in [0.717, 1.165) is 41.4 Å². The van der Waals surface area contributed by atoms with Crippen molar-refractivity contribution >= 4 is 6.08 Å². The van der Waals surface area contributed by atoms with Crippen LogP contribution in [0.15, 0.2) is 42.8 Å². The SMILES string of the molecule is C.C=C(/C=C/c1cccnc1)C1CCC2C1CCC1C3CCCCC3CCC12.CC.[HH]. The van der Waals surface area contributed by atoms with Gasteiger partial charge in [-0.05, 0) is 98.0 Å². The van der Waals surface area contributed by atoms with Crippen molar-refractivity contribution in [2.45, 2.75) is 85.5 Å². The van der Waals surface area contributed by atoms with Crippen LogP contribution in [0.4, 0.5) is 0 Å². The zero-order valence-electron chi connectivity index (χ0n) is 18.7. The maximum Gasteiger partial charge on any atom is 0.0340 e. The quantitative estimate of drug-likeness (QED) is 0.454. The van der Waals surface area contributed by atoms with Crippen LogP contribution in [0.25, 0.3) is 6.08 Å². The lowest BCUT2D eigenvalue weighted by Gasteiger charge is -2.52. The summed E-state index contributed by atoms with van der Waals surface area (Å²) in [6.07, 6.45) is 23.3. The van der Waals surface area contributed by atoms with Crippen molar-refractivity contribution in [3.8, 4) is 0 Å². The van der Waals surface area contributed by atoms with Crippen LogP contribution in [0, 0.1) is 41.4 Å². The molecule has 1 aromatic heterocycles. The van der Waals surface area contributed by atoms with Crippen LogP contribution in [-0.4, -0.2) is 4.98 Å². The van der Waals surface area contributed by atoms with Gasteiger partial charge in [-0.2, -0.15) is 0 Å². The average molecular weight is 410 g/mol. The number of hydrogen-bond acceptors (Lipinski definition) is 1. The molecular formula is C29H47N. The van der Waals surface area contributed by atoms with E-state index in [-0.39, 0.29) is 8.85 Å². The molecule has 30 heavy (non-hydrogen) atoms. The number of allylic oxidation sites excluding steroid dienone is 2. The van der Waals surface area contributed by atoms with Crippen molar-refractivity contribution in [2.75, 3.05) is 0 Å². The smallest absolute Gasteiger partial charge is 0.0340 e.